The minimum absolute atomic E-state index is 0.196. The van der Waals surface area contributed by atoms with Gasteiger partial charge in [-0.25, -0.2) is 4.79 Å². The summed E-state index contributed by atoms with van der Waals surface area (Å²) in [5.74, 6) is 0.697. The van der Waals surface area contributed by atoms with Crippen LogP contribution in [0.5, 0.6) is 5.75 Å². The highest BCUT2D eigenvalue weighted by atomic mass is 35.5. The largest absolute Gasteiger partial charge is 0.415 e. The van der Waals surface area contributed by atoms with E-state index in [0.29, 0.717) is 36.7 Å². The first-order valence-corrected chi connectivity index (χ1v) is 6.18. The number of nitrogens with zero attached hydrogens (tertiary/aromatic N) is 1. The molecule has 96 valence electrons. The summed E-state index contributed by atoms with van der Waals surface area (Å²) in [6.07, 6.45) is 0.413. The summed E-state index contributed by atoms with van der Waals surface area (Å²) >= 11 is 5.83. The highest BCUT2D eigenvalue weighted by Gasteiger charge is 2.22. The standard InChI is InChI=1S/C13H14ClNO3/c1-9-8-10(14)2-3-12(9)18-13(17)15-6-4-11(16)5-7-15/h2-3,8H,4-7H2,1H3. The van der Waals surface area contributed by atoms with Gasteiger partial charge in [-0.15, -0.1) is 0 Å². The fraction of sp³-hybridized carbons (Fsp3) is 0.385. The van der Waals surface area contributed by atoms with Crippen molar-refractivity contribution in [2.45, 2.75) is 19.8 Å². The minimum Gasteiger partial charge on any atom is -0.410 e. The Labute approximate surface area is 110 Å². The van der Waals surface area contributed by atoms with E-state index in [4.69, 9.17) is 16.3 Å². The molecule has 0 aliphatic carbocycles. The van der Waals surface area contributed by atoms with Crippen LogP contribution < -0.4 is 4.74 Å². The van der Waals surface area contributed by atoms with Gasteiger partial charge in [0.15, 0.2) is 0 Å². The number of ketones is 1. The number of carbonyl (C=O) groups excluding carboxylic acids is 2. The molecular formula is C13H14ClNO3. The summed E-state index contributed by atoms with van der Waals surface area (Å²) < 4.78 is 5.29. The molecule has 2 rings (SSSR count). The van der Waals surface area contributed by atoms with Crippen LogP contribution in [-0.4, -0.2) is 29.9 Å². The van der Waals surface area contributed by atoms with E-state index in [2.05, 4.69) is 0 Å². The predicted octanol–water partition coefficient (Wildman–Crippen LogP) is 2.81. The van der Waals surface area contributed by atoms with Crippen molar-refractivity contribution < 1.29 is 14.3 Å². The average molecular weight is 268 g/mol. The van der Waals surface area contributed by atoms with Gasteiger partial charge < -0.3 is 9.64 Å². The number of piperidine rings is 1. The Morgan fingerprint density at radius 2 is 2.00 bits per heavy atom. The van der Waals surface area contributed by atoms with Gasteiger partial charge in [0.1, 0.15) is 11.5 Å². The molecule has 0 unspecified atom stereocenters. The first kappa shape index (κ1) is 12.9. The molecule has 5 heteroatoms. The Morgan fingerprint density at radius 3 is 2.61 bits per heavy atom. The lowest BCUT2D eigenvalue weighted by Gasteiger charge is -2.25. The van der Waals surface area contributed by atoms with Crippen molar-refractivity contribution in [1.82, 2.24) is 4.90 Å². The highest BCUT2D eigenvalue weighted by Crippen LogP contribution is 2.22. The van der Waals surface area contributed by atoms with Gasteiger partial charge in [0, 0.05) is 31.0 Å². The van der Waals surface area contributed by atoms with Crippen LogP contribution in [0.15, 0.2) is 18.2 Å². The molecule has 0 N–H and O–H groups in total. The predicted molar refractivity (Wildman–Crippen MR) is 68.0 cm³/mol. The summed E-state index contributed by atoms with van der Waals surface area (Å²) in [6.45, 7) is 2.70. The SMILES string of the molecule is Cc1cc(Cl)ccc1OC(=O)N1CCC(=O)CC1. The van der Waals surface area contributed by atoms with Crippen LogP contribution in [0.25, 0.3) is 0 Å². The zero-order valence-corrected chi connectivity index (χ0v) is 10.9. The summed E-state index contributed by atoms with van der Waals surface area (Å²) in [5.41, 5.74) is 0.809. The second-order valence-corrected chi connectivity index (χ2v) is 4.74. The molecule has 0 atom stereocenters. The van der Waals surface area contributed by atoms with E-state index in [9.17, 15) is 9.59 Å². The van der Waals surface area contributed by atoms with Crippen LogP contribution >= 0.6 is 11.6 Å². The quantitative estimate of drug-likeness (QED) is 0.786. The topological polar surface area (TPSA) is 46.6 Å². The molecule has 4 nitrogen and oxygen atoms in total. The Hall–Kier alpha value is -1.55. The molecule has 1 amide bonds. The molecule has 1 heterocycles. The number of hydrogen-bond acceptors (Lipinski definition) is 3. The lowest BCUT2D eigenvalue weighted by atomic mass is 10.1. The maximum atomic E-state index is 11.9. The van der Waals surface area contributed by atoms with Gasteiger partial charge in [0.25, 0.3) is 0 Å². The number of rotatable bonds is 1. The third kappa shape index (κ3) is 3.01. The second-order valence-electron chi connectivity index (χ2n) is 4.30. The smallest absolute Gasteiger partial charge is 0.410 e. The summed E-state index contributed by atoms with van der Waals surface area (Å²) in [4.78, 5) is 24.5. The van der Waals surface area contributed by atoms with Gasteiger partial charge in [0.05, 0.1) is 0 Å². The number of carbonyl (C=O) groups is 2. The maximum Gasteiger partial charge on any atom is 0.415 e. The number of likely N-dealkylation sites (tertiary alicyclic amines) is 1. The fourth-order valence-corrected chi connectivity index (χ4v) is 2.05. The van der Waals surface area contributed by atoms with Crippen molar-refractivity contribution in [3.05, 3.63) is 28.8 Å². The van der Waals surface area contributed by atoms with E-state index in [0.717, 1.165) is 5.56 Å². The molecule has 0 spiro atoms. The Balaban J connectivity index is 2.00. The normalized spacial score (nSPS) is 15.7. The lowest BCUT2D eigenvalue weighted by Crippen LogP contribution is -2.40. The molecule has 18 heavy (non-hydrogen) atoms. The highest BCUT2D eigenvalue weighted by molar-refractivity contribution is 6.30. The van der Waals surface area contributed by atoms with Crippen LogP contribution in [0.4, 0.5) is 4.79 Å². The van der Waals surface area contributed by atoms with Crippen molar-refractivity contribution in [2.24, 2.45) is 0 Å². The molecule has 0 radical (unpaired) electrons. The van der Waals surface area contributed by atoms with Gasteiger partial charge in [-0.3, -0.25) is 4.79 Å². The zero-order chi connectivity index (χ0) is 13.1. The molecule has 0 bridgehead atoms. The van der Waals surface area contributed by atoms with Crippen molar-refractivity contribution in [1.29, 1.82) is 0 Å². The van der Waals surface area contributed by atoms with Crippen molar-refractivity contribution >= 4 is 23.5 Å². The molecule has 1 aromatic rings. The summed E-state index contributed by atoms with van der Waals surface area (Å²) in [7, 11) is 0. The van der Waals surface area contributed by atoms with Gasteiger partial charge in [0.2, 0.25) is 0 Å². The molecule has 1 aromatic carbocycles. The third-order valence-corrected chi connectivity index (χ3v) is 3.15. The van der Waals surface area contributed by atoms with Gasteiger partial charge >= 0.3 is 6.09 Å². The van der Waals surface area contributed by atoms with Crippen LogP contribution in [0.1, 0.15) is 18.4 Å². The molecule has 1 saturated heterocycles. The summed E-state index contributed by atoms with van der Waals surface area (Å²) in [5, 5.41) is 0.607. The number of Topliss-reactive ketones (excluding diaryl/α,β-unsaturated/α-hetero) is 1. The second kappa shape index (κ2) is 5.40. The third-order valence-electron chi connectivity index (χ3n) is 2.91. The lowest BCUT2D eigenvalue weighted by molar-refractivity contribution is -0.121. The molecule has 0 saturated carbocycles. The van der Waals surface area contributed by atoms with E-state index >= 15 is 0 Å². The van der Waals surface area contributed by atoms with Crippen LogP contribution in [0.3, 0.4) is 0 Å². The minimum atomic E-state index is -0.409. The van der Waals surface area contributed by atoms with Crippen LogP contribution in [0, 0.1) is 6.92 Å². The average Bonchev–Trinajstić information content (AvgIpc) is 2.33. The van der Waals surface area contributed by atoms with Crippen LogP contribution in [-0.2, 0) is 4.79 Å². The van der Waals surface area contributed by atoms with E-state index in [1.54, 1.807) is 23.1 Å². The molecule has 1 aliphatic rings. The van der Waals surface area contributed by atoms with Crippen molar-refractivity contribution in [2.75, 3.05) is 13.1 Å². The van der Waals surface area contributed by atoms with Crippen molar-refractivity contribution in [3.63, 3.8) is 0 Å². The van der Waals surface area contributed by atoms with E-state index in [1.165, 1.54) is 0 Å². The van der Waals surface area contributed by atoms with E-state index in [1.807, 2.05) is 6.92 Å². The van der Waals surface area contributed by atoms with Gasteiger partial charge in [-0.1, -0.05) is 11.6 Å². The summed E-state index contributed by atoms with van der Waals surface area (Å²) in [6, 6.07) is 5.09. The first-order chi connectivity index (χ1) is 8.56. The number of amides is 1. The monoisotopic (exact) mass is 267 g/mol. The van der Waals surface area contributed by atoms with E-state index in [-0.39, 0.29) is 5.78 Å². The maximum absolute atomic E-state index is 11.9. The van der Waals surface area contributed by atoms with Gasteiger partial charge in [-0.05, 0) is 30.7 Å². The number of ether oxygens (including phenoxy) is 1. The number of halogens is 1. The van der Waals surface area contributed by atoms with E-state index < -0.39 is 6.09 Å². The molecular weight excluding hydrogens is 254 g/mol. The van der Waals surface area contributed by atoms with Gasteiger partial charge in [-0.2, -0.15) is 0 Å². The molecule has 1 fully saturated rings. The molecule has 0 aromatic heterocycles. The molecule has 1 aliphatic heterocycles. The number of benzene rings is 1. The van der Waals surface area contributed by atoms with Crippen molar-refractivity contribution in [3.8, 4) is 5.75 Å². The Morgan fingerprint density at radius 1 is 1.33 bits per heavy atom. The van der Waals surface area contributed by atoms with Crippen LogP contribution in [0.2, 0.25) is 5.02 Å². The Kier molecular flexibility index (Phi) is 3.87. The fourth-order valence-electron chi connectivity index (χ4n) is 1.82. The Bertz CT molecular complexity index is 477. The zero-order valence-electron chi connectivity index (χ0n) is 10.1. The first-order valence-electron chi connectivity index (χ1n) is 5.81. The number of hydrogen-bond donors (Lipinski definition) is 0. The number of aryl methyl sites for hydroxylation is 1.